The quantitative estimate of drug-likeness (QED) is 0.847. The molecule has 5 nitrogen and oxygen atoms in total. The van der Waals surface area contributed by atoms with Crippen LogP contribution < -0.4 is 5.32 Å². The molecule has 0 aliphatic heterocycles. The normalized spacial score (nSPS) is 12.6. The second-order valence-electron chi connectivity index (χ2n) is 3.82. The third-order valence-corrected chi connectivity index (χ3v) is 2.65. The van der Waals surface area contributed by atoms with Gasteiger partial charge < -0.3 is 5.32 Å². The first-order valence-electron chi connectivity index (χ1n) is 5.34. The molecule has 1 aromatic heterocycles. The van der Waals surface area contributed by atoms with Gasteiger partial charge in [-0.2, -0.15) is 0 Å². The molecule has 0 bridgehead atoms. The summed E-state index contributed by atoms with van der Waals surface area (Å²) < 4.78 is 14.5. The van der Waals surface area contributed by atoms with Crippen LogP contribution in [0, 0.1) is 5.82 Å². The topological polar surface area (TPSA) is 55.6 Å². The van der Waals surface area contributed by atoms with Crippen LogP contribution in [0.1, 0.15) is 17.3 Å². The molecule has 1 unspecified atom stereocenters. The van der Waals surface area contributed by atoms with Gasteiger partial charge in [0.25, 0.3) is 0 Å². The van der Waals surface area contributed by atoms with Gasteiger partial charge in [0.1, 0.15) is 5.82 Å². The van der Waals surface area contributed by atoms with Crippen LogP contribution >= 0.6 is 0 Å². The van der Waals surface area contributed by atoms with Gasteiger partial charge in [-0.1, -0.05) is 12.1 Å². The van der Waals surface area contributed by atoms with E-state index in [9.17, 15) is 4.39 Å². The van der Waals surface area contributed by atoms with Crippen molar-refractivity contribution in [3.05, 3.63) is 41.5 Å². The van der Waals surface area contributed by atoms with E-state index >= 15 is 0 Å². The lowest BCUT2D eigenvalue weighted by atomic mass is 9.98. The lowest BCUT2D eigenvalue weighted by Gasteiger charge is -2.15. The zero-order chi connectivity index (χ0) is 12.3. The summed E-state index contributed by atoms with van der Waals surface area (Å²) in [4.78, 5) is 0. The average Bonchev–Trinajstić information content (AvgIpc) is 2.74. The molecule has 0 spiro atoms. The molecular formula is C11H14FN5. The van der Waals surface area contributed by atoms with E-state index in [1.54, 1.807) is 23.9 Å². The van der Waals surface area contributed by atoms with E-state index in [1.165, 1.54) is 12.1 Å². The van der Waals surface area contributed by atoms with Gasteiger partial charge in [0.2, 0.25) is 0 Å². The number of likely N-dealkylation sites (N-methyl/N-ethyl adjacent to an activating group) is 1. The van der Waals surface area contributed by atoms with Crippen molar-refractivity contribution in [3.8, 4) is 0 Å². The summed E-state index contributed by atoms with van der Waals surface area (Å²) in [5.41, 5.74) is 0.985. The zero-order valence-corrected chi connectivity index (χ0v) is 9.76. The fourth-order valence-electron chi connectivity index (χ4n) is 1.79. The molecule has 0 fully saturated rings. The van der Waals surface area contributed by atoms with Crippen LogP contribution in [0.3, 0.4) is 0 Å². The molecule has 1 N–H and O–H groups in total. The van der Waals surface area contributed by atoms with Gasteiger partial charge >= 0.3 is 0 Å². The molecule has 90 valence electrons. The minimum Gasteiger partial charge on any atom is -0.319 e. The average molecular weight is 235 g/mol. The standard InChI is InChI=1S/C11H14FN5/c1-13-7-10(11-14-15-16-17(11)2)8-3-5-9(12)6-4-8/h3-6,10,13H,7H2,1-2H3. The van der Waals surface area contributed by atoms with Crippen molar-refractivity contribution in [2.45, 2.75) is 5.92 Å². The molecule has 2 aromatic rings. The Morgan fingerprint density at radius 3 is 2.59 bits per heavy atom. The number of benzene rings is 1. The first kappa shape index (κ1) is 11.7. The van der Waals surface area contributed by atoms with E-state index in [-0.39, 0.29) is 11.7 Å². The first-order valence-corrected chi connectivity index (χ1v) is 5.34. The predicted molar refractivity (Wildman–Crippen MR) is 61.0 cm³/mol. The molecule has 0 aliphatic carbocycles. The van der Waals surface area contributed by atoms with Crippen LogP contribution in [0.5, 0.6) is 0 Å². The minimum absolute atomic E-state index is 0.0144. The fraction of sp³-hybridized carbons (Fsp3) is 0.364. The fourth-order valence-corrected chi connectivity index (χ4v) is 1.79. The Labute approximate surface area is 98.6 Å². The summed E-state index contributed by atoms with van der Waals surface area (Å²) in [6, 6.07) is 6.40. The number of hydrogen-bond donors (Lipinski definition) is 1. The van der Waals surface area contributed by atoms with E-state index in [2.05, 4.69) is 20.8 Å². The second-order valence-corrected chi connectivity index (χ2v) is 3.82. The number of tetrazole rings is 1. The Morgan fingerprint density at radius 2 is 2.06 bits per heavy atom. The van der Waals surface area contributed by atoms with E-state index in [0.29, 0.717) is 6.54 Å². The largest absolute Gasteiger partial charge is 0.319 e. The van der Waals surface area contributed by atoms with Crippen LogP contribution in [-0.4, -0.2) is 33.8 Å². The molecule has 17 heavy (non-hydrogen) atoms. The Balaban J connectivity index is 2.35. The maximum Gasteiger partial charge on any atom is 0.159 e. The highest BCUT2D eigenvalue weighted by Gasteiger charge is 2.19. The number of aryl methyl sites for hydroxylation is 1. The maximum absolute atomic E-state index is 12.9. The highest BCUT2D eigenvalue weighted by Crippen LogP contribution is 2.21. The third kappa shape index (κ3) is 2.47. The van der Waals surface area contributed by atoms with Gasteiger partial charge in [-0.05, 0) is 35.2 Å². The highest BCUT2D eigenvalue weighted by molar-refractivity contribution is 5.26. The molecule has 0 saturated heterocycles. The Hall–Kier alpha value is -1.82. The van der Waals surface area contributed by atoms with Crippen molar-refractivity contribution in [3.63, 3.8) is 0 Å². The van der Waals surface area contributed by atoms with Crippen LogP contribution in [0.15, 0.2) is 24.3 Å². The molecule has 1 heterocycles. The van der Waals surface area contributed by atoms with Crippen molar-refractivity contribution >= 4 is 0 Å². The Kier molecular flexibility index (Phi) is 3.43. The molecule has 0 saturated carbocycles. The molecule has 0 radical (unpaired) electrons. The van der Waals surface area contributed by atoms with Gasteiger partial charge in [0, 0.05) is 13.6 Å². The summed E-state index contributed by atoms with van der Waals surface area (Å²) in [6.45, 7) is 0.694. The summed E-state index contributed by atoms with van der Waals surface area (Å²) in [5.74, 6) is 0.527. The number of hydrogen-bond acceptors (Lipinski definition) is 4. The van der Waals surface area contributed by atoms with Crippen LogP contribution in [0.2, 0.25) is 0 Å². The van der Waals surface area contributed by atoms with Crippen molar-refractivity contribution in [2.75, 3.05) is 13.6 Å². The van der Waals surface area contributed by atoms with Crippen LogP contribution in [-0.2, 0) is 7.05 Å². The minimum atomic E-state index is -0.243. The lowest BCUT2D eigenvalue weighted by molar-refractivity contribution is 0.605. The van der Waals surface area contributed by atoms with Gasteiger partial charge in [-0.15, -0.1) is 5.10 Å². The molecule has 0 aliphatic rings. The Bertz CT molecular complexity index is 479. The molecule has 0 amide bonds. The molecule has 1 atom stereocenters. The van der Waals surface area contributed by atoms with E-state index in [1.807, 2.05) is 7.05 Å². The SMILES string of the molecule is CNCC(c1ccc(F)cc1)c1nnnn1C. The molecule has 1 aromatic carbocycles. The number of nitrogens with zero attached hydrogens (tertiary/aromatic N) is 4. The lowest BCUT2D eigenvalue weighted by Crippen LogP contribution is -2.21. The zero-order valence-electron chi connectivity index (χ0n) is 9.76. The van der Waals surface area contributed by atoms with E-state index < -0.39 is 0 Å². The summed E-state index contributed by atoms with van der Waals surface area (Å²) in [7, 11) is 3.65. The van der Waals surface area contributed by atoms with E-state index in [4.69, 9.17) is 0 Å². The van der Waals surface area contributed by atoms with E-state index in [0.717, 1.165) is 11.4 Å². The van der Waals surface area contributed by atoms with Crippen molar-refractivity contribution in [1.29, 1.82) is 0 Å². The van der Waals surface area contributed by atoms with Crippen molar-refractivity contribution < 1.29 is 4.39 Å². The second kappa shape index (κ2) is 5.01. The van der Waals surface area contributed by atoms with Gasteiger partial charge in [0.15, 0.2) is 5.82 Å². The van der Waals surface area contributed by atoms with Crippen molar-refractivity contribution in [1.82, 2.24) is 25.5 Å². The number of rotatable bonds is 4. The van der Waals surface area contributed by atoms with Gasteiger partial charge in [-0.3, -0.25) is 0 Å². The smallest absolute Gasteiger partial charge is 0.159 e. The van der Waals surface area contributed by atoms with Crippen molar-refractivity contribution in [2.24, 2.45) is 7.05 Å². The third-order valence-electron chi connectivity index (χ3n) is 2.65. The summed E-state index contributed by atoms with van der Waals surface area (Å²) in [6.07, 6.45) is 0. The highest BCUT2D eigenvalue weighted by atomic mass is 19.1. The monoisotopic (exact) mass is 235 g/mol. The summed E-state index contributed by atoms with van der Waals surface area (Å²) >= 11 is 0. The molecular weight excluding hydrogens is 221 g/mol. The number of halogens is 1. The predicted octanol–water partition coefficient (Wildman–Crippen LogP) is 0.700. The number of nitrogens with one attached hydrogen (secondary N) is 1. The Morgan fingerprint density at radius 1 is 1.35 bits per heavy atom. The van der Waals surface area contributed by atoms with Gasteiger partial charge in [-0.25, -0.2) is 9.07 Å². The van der Waals surface area contributed by atoms with Crippen LogP contribution in [0.25, 0.3) is 0 Å². The molecule has 2 rings (SSSR count). The summed E-state index contributed by atoms with van der Waals surface area (Å²) in [5, 5.41) is 14.5. The maximum atomic E-state index is 12.9. The van der Waals surface area contributed by atoms with Gasteiger partial charge in [0.05, 0.1) is 5.92 Å². The number of aromatic nitrogens is 4. The molecule has 6 heteroatoms. The first-order chi connectivity index (χ1) is 8.22. The van der Waals surface area contributed by atoms with Crippen LogP contribution in [0.4, 0.5) is 4.39 Å².